The first-order valence-electron chi connectivity index (χ1n) is 11.5. The second-order valence-corrected chi connectivity index (χ2v) is 8.82. The zero-order valence-electron chi connectivity index (χ0n) is 20.3. The van der Waals surface area contributed by atoms with Gasteiger partial charge >= 0.3 is 0 Å². The maximum Gasteiger partial charge on any atom is 0.228 e. The summed E-state index contributed by atoms with van der Waals surface area (Å²) in [5, 5.41) is 3.07. The number of carbonyl (C=O) groups excluding carboxylic acids is 1. The zero-order valence-corrected chi connectivity index (χ0v) is 20.3. The van der Waals surface area contributed by atoms with Crippen molar-refractivity contribution in [3.05, 3.63) is 42.0 Å². The molecule has 0 radical (unpaired) electrons. The Hall–Kier alpha value is -2.93. The molecule has 1 heterocycles. The van der Waals surface area contributed by atoms with Crippen molar-refractivity contribution in [3.63, 3.8) is 0 Å². The van der Waals surface area contributed by atoms with Crippen LogP contribution in [0.4, 0.5) is 5.69 Å². The van der Waals surface area contributed by atoms with Gasteiger partial charge in [0.1, 0.15) is 0 Å². The normalized spacial score (nSPS) is 16.4. The first-order chi connectivity index (χ1) is 15.9. The smallest absolute Gasteiger partial charge is 0.228 e. The fourth-order valence-electron chi connectivity index (χ4n) is 4.02. The first kappa shape index (κ1) is 24.7. The molecule has 0 saturated carbocycles. The lowest BCUT2D eigenvalue weighted by molar-refractivity contribution is -0.121. The van der Waals surface area contributed by atoms with Gasteiger partial charge in [-0.25, -0.2) is 0 Å². The lowest BCUT2D eigenvalue weighted by atomic mass is 9.96. The molecule has 0 unspecified atom stereocenters. The highest BCUT2D eigenvalue weighted by atomic mass is 16.5. The first-order valence-corrected chi connectivity index (χ1v) is 11.5. The molecule has 1 saturated heterocycles. The summed E-state index contributed by atoms with van der Waals surface area (Å²) in [6, 6.07) is 11.5. The number of rotatable bonds is 10. The summed E-state index contributed by atoms with van der Waals surface area (Å²) in [5.41, 5.74) is 1.85. The Morgan fingerprint density at radius 1 is 1.00 bits per heavy atom. The predicted octanol–water partition coefficient (Wildman–Crippen LogP) is 4.60. The van der Waals surface area contributed by atoms with Crippen LogP contribution < -0.4 is 24.3 Å². The minimum atomic E-state index is -0.0685. The molecule has 7 nitrogen and oxygen atoms in total. The summed E-state index contributed by atoms with van der Waals surface area (Å²) in [6.45, 7) is 7.21. The predicted molar refractivity (Wildman–Crippen MR) is 130 cm³/mol. The second kappa shape index (κ2) is 11.8. The average molecular weight is 457 g/mol. The van der Waals surface area contributed by atoms with Gasteiger partial charge in [-0.15, -0.1) is 0 Å². The number of amides is 1. The van der Waals surface area contributed by atoms with Gasteiger partial charge in [-0.05, 0) is 55.1 Å². The topological polar surface area (TPSA) is 69.3 Å². The number of hydrogen-bond acceptors (Lipinski definition) is 6. The maximum absolute atomic E-state index is 13.0. The number of hydrogen-bond donors (Lipinski definition) is 1. The van der Waals surface area contributed by atoms with Crippen molar-refractivity contribution in [3.8, 4) is 23.0 Å². The quantitative estimate of drug-likeness (QED) is 0.564. The molecular formula is C26H36N2O5. The molecule has 0 spiro atoms. The highest BCUT2D eigenvalue weighted by Crippen LogP contribution is 2.32. The van der Waals surface area contributed by atoms with E-state index in [0.717, 1.165) is 42.9 Å². The Morgan fingerprint density at radius 2 is 1.70 bits per heavy atom. The van der Waals surface area contributed by atoms with Gasteiger partial charge in [0.05, 0.1) is 33.9 Å². The van der Waals surface area contributed by atoms with Crippen molar-refractivity contribution >= 4 is 11.6 Å². The van der Waals surface area contributed by atoms with Crippen molar-refractivity contribution in [1.82, 2.24) is 4.90 Å². The van der Waals surface area contributed by atoms with Gasteiger partial charge in [0.2, 0.25) is 5.91 Å². The molecule has 0 bridgehead atoms. The molecule has 1 N–H and O–H groups in total. The summed E-state index contributed by atoms with van der Waals surface area (Å²) in [6.07, 6.45) is 1.86. The van der Waals surface area contributed by atoms with Gasteiger partial charge in [0, 0.05) is 24.8 Å². The third-order valence-electron chi connectivity index (χ3n) is 5.73. The molecule has 33 heavy (non-hydrogen) atoms. The highest BCUT2D eigenvalue weighted by Gasteiger charge is 2.26. The molecule has 2 aromatic rings. The minimum absolute atomic E-state index is 0.0342. The van der Waals surface area contributed by atoms with Gasteiger partial charge in [-0.1, -0.05) is 19.9 Å². The van der Waals surface area contributed by atoms with E-state index in [9.17, 15) is 4.79 Å². The van der Waals surface area contributed by atoms with E-state index in [1.54, 1.807) is 21.3 Å². The third kappa shape index (κ3) is 6.78. The summed E-state index contributed by atoms with van der Waals surface area (Å²) in [5.74, 6) is 3.10. The highest BCUT2D eigenvalue weighted by molar-refractivity contribution is 5.93. The Balaban J connectivity index is 1.62. The van der Waals surface area contributed by atoms with Crippen LogP contribution in [0.15, 0.2) is 36.4 Å². The van der Waals surface area contributed by atoms with E-state index in [1.165, 1.54) is 0 Å². The van der Waals surface area contributed by atoms with E-state index < -0.39 is 0 Å². The summed E-state index contributed by atoms with van der Waals surface area (Å²) in [4.78, 5) is 15.4. The number of nitrogens with one attached hydrogen (secondary N) is 1. The summed E-state index contributed by atoms with van der Waals surface area (Å²) in [7, 11) is 4.89. The van der Waals surface area contributed by atoms with Gasteiger partial charge in [0.25, 0.3) is 0 Å². The Kier molecular flexibility index (Phi) is 8.83. The van der Waals surface area contributed by atoms with E-state index in [1.807, 2.05) is 36.4 Å². The number of nitrogens with zero attached hydrogens (tertiary/aromatic N) is 1. The van der Waals surface area contributed by atoms with Crippen molar-refractivity contribution in [2.24, 2.45) is 11.8 Å². The lowest BCUT2D eigenvalue weighted by Gasteiger charge is -2.32. The van der Waals surface area contributed by atoms with E-state index in [2.05, 4.69) is 24.1 Å². The fourth-order valence-corrected chi connectivity index (χ4v) is 4.02. The van der Waals surface area contributed by atoms with Crippen LogP contribution in [-0.2, 0) is 11.3 Å². The fraction of sp³-hybridized carbons (Fsp3) is 0.500. The number of likely N-dealkylation sites (tertiary alicyclic amines) is 1. The van der Waals surface area contributed by atoms with E-state index in [4.69, 9.17) is 18.9 Å². The lowest BCUT2D eigenvalue weighted by Crippen LogP contribution is -2.40. The van der Waals surface area contributed by atoms with E-state index in [-0.39, 0.29) is 11.8 Å². The molecule has 1 atom stereocenters. The monoisotopic (exact) mass is 456 g/mol. The zero-order chi connectivity index (χ0) is 23.8. The largest absolute Gasteiger partial charge is 0.493 e. The van der Waals surface area contributed by atoms with Crippen LogP contribution in [0.25, 0.3) is 0 Å². The van der Waals surface area contributed by atoms with Gasteiger partial charge in [-0.3, -0.25) is 9.69 Å². The second-order valence-electron chi connectivity index (χ2n) is 8.82. The molecule has 3 rings (SSSR count). The molecule has 180 valence electrons. The molecule has 1 aliphatic heterocycles. The van der Waals surface area contributed by atoms with Crippen LogP contribution in [0.1, 0.15) is 32.3 Å². The molecule has 1 aliphatic rings. The molecule has 2 aromatic carbocycles. The Morgan fingerprint density at radius 3 is 2.39 bits per heavy atom. The van der Waals surface area contributed by atoms with Crippen LogP contribution in [0.3, 0.4) is 0 Å². The standard InChI is InChI=1S/C26H36N2O5/c1-18(2)17-33-25-14-21(9-11-23(25)31-4)27-26(29)20-7-6-12-28(16-20)15-19-8-10-22(30-3)24(13-19)32-5/h8-11,13-14,18,20H,6-7,12,15-17H2,1-5H3,(H,27,29)/t20-/m0/s1. The molecule has 1 fully saturated rings. The van der Waals surface area contributed by atoms with Gasteiger partial charge < -0.3 is 24.3 Å². The molecule has 0 aromatic heterocycles. The number of piperidine rings is 1. The van der Waals surface area contributed by atoms with Crippen molar-refractivity contribution in [1.29, 1.82) is 0 Å². The van der Waals surface area contributed by atoms with Crippen molar-refractivity contribution < 1.29 is 23.7 Å². The van der Waals surface area contributed by atoms with Crippen LogP contribution in [0.5, 0.6) is 23.0 Å². The Bertz CT molecular complexity index is 931. The molecular weight excluding hydrogens is 420 g/mol. The molecule has 0 aliphatic carbocycles. The summed E-state index contributed by atoms with van der Waals surface area (Å²) >= 11 is 0. The van der Waals surface area contributed by atoms with Crippen LogP contribution >= 0.6 is 0 Å². The Labute approximate surface area is 197 Å². The number of methoxy groups -OCH3 is 3. The number of ether oxygens (including phenoxy) is 4. The SMILES string of the molecule is COc1ccc(CN2CCC[C@H](C(=O)Nc3ccc(OC)c(OCC(C)C)c3)C2)cc1OC. The number of benzene rings is 2. The van der Waals surface area contributed by atoms with Crippen LogP contribution in [0, 0.1) is 11.8 Å². The van der Waals surface area contributed by atoms with E-state index >= 15 is 0 Å². The van der Waals surface area contributed by atoms with Crippen LogP contribution in [0.2, 0.25) is 0 Å². The third-order valence-corrected chi connectivity index (χ3v) is 5.73. The molecule has 1 amide bonds. The van der Waals surface area contributed by atoms with E-state index in [0.29, 0.717) is 36.3 Å². The number of carbonyl (C=O) groups is 1. The molecule has 7 heteroatoms. The van der Waals surface area contributed by atoms with Gasteiger partial charge in [0.15, 0.2) is 23.0 Å². The average Bonchev–Trinajstić information content (AvgIpc) is 2.82. The van der Waals surface area contributed by atoms with Gasteiger partial charge in [-0.2, -0.15) is 0 Å². The minimum Gasteiger partial charge on any atom is -0.493 e. The maximum atomic E-state index is 13.0. The van der Waals surface area contributed by atoms with Crippen molar-refractivity contribution in [2.75, 3.05) is 46.3 Å². The van der Waals surface area contributed by atoms with Crippen LogP contribution in [-0.4, -0.2) is 51.8 Å². The van der Waals surface area contributed by atoms with Crippen molar-refractivity contribution in [2.45, 2.75) is 33.2 Å². The summed E-state index contributed by atoms with van der Waals surface area (Å²) < 4.78 is 22.0. The number of anilines is 1.